The Morgan fingerprint density at radius 3 is 2.17 bits per heavy atom. The summed E-state index contributed by atoms with van der Waals surface area (Å²) in [4.78, 5) is 15.3. The first-order valence-electron chi connectivity index (χ1n) is 13.1. The van der Waals surface area contributed by atoms with Gasteiger partial charge in [0.2, 0.25) is 5.91 Å². The molecule has 0 radical (unpaired) electrons. The number of aromatic nitrogens is 2. The van der Waals surface area contributed by atoms with Crippen LogP contribution in [0.3, 0.4) is 0 Å². The maximum absolute atomic E-state index is 13.6. The van der Waals surface area contributed by atoms with Crippen LogP contribution in [0.4, 0.5) is 5.82 Å². The maximum Gasteiger partial charge on any atom is 0.494 e. The highest BCUT2D eigenvalue weighted by molar-refractivity contribution is 6.62. The molecule has 1 aromatic carbocycles. The van der Waals surface area contributed by atoms with Crippen molar-refractivity contribution in [1.29, 1.82) is 0 Å². The van der Waals surface area contributed by atoms with Crippen molar-refractivity contribution >= 4 is 30.1 Å². The topological polar surface area (TPSA) is 76.8 Å². The molecule has 1 amide bonds. The molecule has 1 aromatic heterocycles. The molecule has 2 aliphatic rings. The van der Waals surface area contributed by atoms with Gasteiger partial charge in [-0.2, -0.15) is 0 Å². The normalized spacial score (nSPS) is 23.2. The van der Waals surface area contributed by atoms with Crippen LogP contribution >= 0.6 is 0 Å². The number of aliphatic hydroxyl groups is 1. The van der Waals surface area contributed by atoms with E-state index in [1.54, 1.807) is 15.8 Å². The third-order valence-corrected chi connectivity index (χ3v) is 8.04. The van der Waals surface area contributed by atoms with Crippen molar-refractivity contribution in [3.05, 3.63) is 42.6 Å². The molecule has 1 N–H and O–H groups in total. The molecule has 2 aromatic rings. The fourth-order valence-electron chi connectivity index (χ4n) is 4.95. The first-order valence-corrected chi connectivity index (χ1v) is 13.1. The van der Waals surface area contributed by atoms with Gasteiger partial charge in [0.05, 0.1) is 22.5 Å². The third kappa shape index (κ3) is 4.98. The standard InChI is InChI=1S/C28H40BN3O4/c1-18(2)32(26(34)21-11-9-19(3)10-12-21)25-24(20(4)33)17-31(30-25)23-15-13-22(14-16-23)29-35-27(5,6)28(7,8)36-29/h13-19,21,33H,4,9-12H2,1-3,5-8H3. The predicted octanol–water partition coefficient (Wildman–Crippen LogP) is 5.27. The van der Waals surface area contributed by atoms with E-state index in [9.17, 15) is 9.90 Å². The number of anilines is 1. The summed E-state index contributed by atoms with van der Waals surface area (Å²) in [6.45, 7) is 18.1. The highest BCUT2D eigenvalue weighted by Crippen LogP contribution is 2.37. The Balaban J connectivity index is 1.62. The molecule has 1 saturated heterocycles. The first-order chi connectivity index (χ1) is 16.8. The van der Waals surface area contributed by atoms with Crippen molar-refractivity contribution in [2.24, 2.45) is 11.8 Å². The molecule has 8 heteroatoms. The number of aliphatic hydroxyl groups excluding tert-OH is 1. The molecule has 194 valence electrons. The molecular formula is C28H40BN3O4. The van der Waals surface area contributed by atoms with Crippen molar-refractivity contribution in [3.8, 4) is 5.69 Å². The van der Waals surface area contributed by atoms with Gasteiger partial charge in [-0.1, -0.05) is 25.6 Å². The number of hydrogen-bond acceptors (Lipinski definition) is 5. The third-order valence-electron chi connectivity index (χ3n) is 8.04. The van der Waals surface area contributed by atoms with E-state index in [1.165, 1.54) is 0 Å². The molecule has 1 saturated carbocycles. The minimum absolute atomic E-state index is 0.0206. The van der Waals surface area contributed by atoms with Crippen LogP contribution < -0.4 is 10.4 Å². The van der Waals surface area contributed by atoms with Gasteiger partial charge < -0.3 is 14.4 Å². The molecule has 1 aliphatic carbocycles. The second-order valence-corrected chi connectivity index (χ2v) is 11.7. The van der Waals surface area contributed by atoms with Crippen molar-refractivity contribution in [2.45, 2.75) is 91.4 Å². The average Bonchev–Trinajstić information content (AvgIpc) is 3.32. The molecule has 0 unspecified atom stereocenters. The van der Waals surface area contributed by atoms with Gasteiger partial charge in [0.25, 0.3) is 0 Å². The highest BCUT2D eigenvalue weighted by Gasteiger charge is 2.51. The van der Waals surface area contributed by atoms with Crippen molar-refractivity contribution in [3.63, 3.8) is 0 Å². The van der Waals surface area contributed by atoms with Gasteiger partial charge >= 0.3 is 7.12 Å². The summed E-state index contributed by atoms with van der Waals surface area (Å²) < 4.78 is 14.0. The average molecular weight is 493 g/mol. The molecule has 36 heavy (non-hydrogen) atoms. The van der Waals surface area contributed by atoms with E-state index in [4.69, 9.17) is 14.4 Å². The molecule has 0 bridgehead atoms. The molecule has 2 heterocycles. The Morgan fingerprint density at radius 2 is 1.67 bits per heavy atom. The quantitative estimate of drug-likeness (QED) is 0.439. The number of nitrogens with zero attached hydrogens (tertiary/aromatic N) is 3. The second kappa shape index (κ2) is 9.71. The largest absolute Gasteiger partial charge is 0.508 e. The van der Waals surface area contributed by atoms with Crippen LogP contribution in [0.2, 0.25) is 0 Å². The number of rotatable bonds is 6. The van der Waals surface area contributed by atoms with Crippen LogP contribution in [0, 0.1) is 11.8 Å². The Labute approximate surface area is 215 Å². The fourth-order valence-corrected chi connectivity index (χ4v) is 4.95. The van der Waals surface area contributed by atoms with E-state index in [1.807, 2.05) is 65.8 Å². The zero-order chi connectivity index (χ0) is 26.4. The van der Waals surface area contributed by atoms with E-state index >= 15 is 0 Å². The summed E-state index contributed by atoms with van der Waals surface area (Å²) in [5.41, 5.74) is 1.35. The lowest BCUT2D eigenvalue weighted by molar-refractivity contribution is -0.124. The van der Waals surface area contributed by atoms with Gasteiger partial charge in [-0.25, -0.2) is 4.68 Å². The molecule has 2 fully saturated rings. The Hall–Kier alpha value is -2.58. The minimum Gasteiger partial charge on any atom is -0.508 e. The zero-order valence-electron chi connectivity index (χ0n) is 22.7. The lowest BCUT2D eigenvalue weighted by Gasteiger charge is -2.32. The van der Waals surface area contributed by atoms with Crippen LogP contribution in [0.25, 0.3) is 11.4 Å². The molecule has 4 rings (SSSR count). The lowest BCUT2D eigenvalue weighted by atomic mass is 9.79. The molecular weight excluding hydrogens is 453 g/mol. The van der Waals surface area contributed by atoms with Crippen LogP contribution in [0.1, 0.15) is 79.7 Å². The summed E-state index contributed by atoms with van der Waals surface area (Å²) in [5.74, 6) is 1.04. The minimum atomic E-state index is -0.447. The van der Waals surface area contributed by atoms with Crippen LogP contribution in [0.5, 0.6) is 0 Å². The molecule has 7 nitrogen and oxygen atoms in total. The molecule has 0 spiro atoms. The summed E-state index contributed by atoms with van der Waals surface area (Å²) in [6, 6.07) is 7.68. The predicted molar refractivity (Wildman–Crippen MR) is 145 cm³/mol. The SMILES string of the molecule is C=C(O)c1cn(-c2ccc(B3OC(C)(C)C(C)(C)O3)cc2)nc1N(C(=O)C1CCC(C)CC1)C(C)C. The lowest BCUT2D eigenvalue weighted by Crippen LogP contribution is -2.42. The van der Waals surface area contributed by atoms with Crippen LogP contribution in [-0.4, -0.2) is 45.2 Å². The number of amides is 1. The smallest absolute Gasteiger partial charge is 0.494 e. The van der Waals surface area contributed by atoms with E-state index in [0.29, 0.717) is 17.3 Å². The summed E-state index contributed by atoms with van der Waals surface area (Å²) >= 11 is 0. The summed E-state index contributed by atoms with van der Waals surface area (Å²) in [6.07, 6.45) is 5.63. The van der Waals surface area contributed by atoms with Crippen molar-refractivity contribution in [1.82, 2.24) is 9.78 Å². The fraction of sp³-hybridized carbons (Fsp3) is 0.571. The number of carbonyl (C=O) groups excluding carboxylic acids is 1. The number of benzene rings is 1. The first kappa shape index (κ1) is 26.5. The van der Waals surface area contributed by atoms with E-state index in [0.717, 1.165) is 36.8 Å². The number of carbonyl (C=O) groups is 1. The van der Waals surface area contributed by atoms with Crippen LogP contribution in [-0.2, 0) is 14.1 Å². The Kier molecular flexibility index (Phi) is 7.14. The Morgan fingerprint density at radius 1 is 1.11 bits per heavy atom. The highest BCUT2D eigenvalue weighted by atomic mass is 16.7. The van der Waals surface area contributed by atoms with Crippen molar-refractivity contribution < 1.29 is 19.2 Å². The van der Waals surface area contributed by atoms with E-state index in [2.05, 4.69) is 13.5 Å². The molecule has 1 aliphatic heterocycles. The van der Waals surface area contributed by atoms with Gasteiger partial charge in [-0.15, -0.1) is 5.10 Å². The summed E-state index contributed by atoms with van der Waals surface area (Å²) in [7, 11) is -0.447. The van der Waals surface area contributed by atoms with Gasteiger partial charge in [-0.3, -0.25) is 9.69 Å². The zero-order valence-corrected chi connectivity index (χ0v) is 22.7. The molecule has 0 atom stereocenters. The van der Waals surface area contributed by atoms with E-state index < -0.39 is 18.3 Å². The van der Waals surface area contributed by atoms with Gasteiger partial charge in [0.1, 0.15) is 5.76 Å². The Bertz CT molecular complexity index is 1100. The maximum atomic E-state index is 13.6. The van der Waals surface area contributed by atoms with Gasteiger partial charge in [-0.05, 0) is 90.7 Å². The van der Waals surface area contributed by atoms with E-state index in [-0.39, 0.29) is 23.6 Å². The van der Waals surface area contributed by atoms with Gasteiger partial charge in [0.15, 0.2) is 5.82 Å². The van der Waals surface area contributed by atoms with Crippen LogP contribution in [0.15, 0.2) is 37.0 Å². The second-order valence-electron chi connectivity index (χ2n) is 11.7. The monoisotopic (exact) mass is 493 g/mol. The van der Waals surface area contributed by atoms with Gasteiger partial charge in [0, 0.05) is 18.2 Å². The number of hydrogen-bond donors (Lipinski definition) is 1. The summed E-state index contributed by atoms with van der Waals surface area (Å²) in [5, 5.41) is 15.2. The van der Waals surface area contributed by atoms with Crippen molar-refractivity contribution in [2.75, 3.05) is 4.90 Å².